The molecule has 0 bridgehead atoms. The Morgan fingerprint density at radius 3 is 2.91 bits per heavy atom. The fourth-order valence-electron chi connectivity index (χ4n) is 1.02. The molecule has 0 spiro atoms. The summed E-state index contributed by atoms with van der Waals surface area (Å²) in [6, 6.07) is 0.0410. The minimum absolute atomic E-state index is 0.114. The van der Waals surface area contributed by atoms with Gasteiger partial charge in [-0.25, -0.2) is 4.79 Å². The SMILES string of the molecule is CNC(=S)N1C(=O)NCC1C. The first kappa shape index (κ1) is 8.26. The van der Waals surface area contributed by atoms with Crippen LogP contribution in [0.1, 0.15) is 6.92 Å². The molecule has 0 aromatic rings. The molecule has 1 aliphatic heterocycles. The smallest absolute Gasteiger partial charge is 0.324 e. The number of carbonyl (C=O) groups is 1. The van der Waals surface area contributed by atoms with Crippen molar-refractivity contribution in [3.05, 3.63) is 0 Å². The summed E-state index contributed by atoms with van der Waals surface area (Å²) in [4.78, 5) is 12.6. The van der Waals surface area contributed by atoms with Crippen molar-refractivity contribution >= 4 is 23.4 Å². The number of hydrogen-bond donors (Lipinski definition) is 2. The van der Waals surface area contributed by atoms with Crippen LogP contribution in [0.15, 0.2) is 0 Å². The number of hydrogen-bond acceptors (Lipinski definition) is 2. The molecule has 1 saturated heterocycles. The van der Waals surface area contributed by atoms with E-state index >= 15 is 0 Å². The summed E-state index contributed by atoms with van der Waals surface area (Å²) in [6.45, 7) is 2.61. The van der Waals surface area contributed by atoms with Gasteiger partial charge in [0.25, 0.3) is 0 Å². The van der Waals surface area contributed by atoms with Gasteiger partial charge in [0.1, 0.15) is 0 Å². The van der Waals surface area contributed by atoms with Gasteiger partial charge < -0.3 is 10.6 Å². The maximum Gasteiger partial charge on any atom is 0.324 e. The molecule has 2 N–H and O–H groups in total. The van der Waals surface area contributed by atoms with Crippen LogP contribution in [0.2, 0.25) is 0 Å². The van der Waals surface area contributed by atoms with Crippen molar-refractivity contribution in [1.82, 2.24) is 15.5 Å². The number of rotatable bonds is 0. The first-order valence-electron chi connectivity index (χ1n) is 3.45. The summed E-state index contributed by atoms with van der Waals surface area (Å²) in [5, 5.41) is 5.94. The van der Waals surface area contributed by atoms with E-state index < -0.39 is 0 Å². The standard InChI is InChI=1S/C6H11N3OS/c1-4-3-8-5(10)9(4)6(11)7-2/h4H,3H2,1-2H3,(H,7,11)(H,8,10). The third-order valence-electron chi connectivity index (χ3n) is 1.64. The molecule has 0 aromatic heterocycles. The molecule has 0 saturated carbocycles. The topological polar surface area (TPSA) is 44.4 Å². The van der Waals surface area contributed by atoms with Crippen molar-refractivity contribution in [2.45, 2.75) is 13.0 Å². The van der Waals surface area contributed by atoms with Crippen LogP contribution in [0.4, 0.5) is 4.79 Å². The second-order valence-corrected chi connectivity index (χ2v) is 2.85. The van der Waals surface area contributed by atoms with E-state index in [1.165, 1.54) is 4.90 Å². The number of amides is 2. The van der Waals surface area contributed by atoms with E-state index in [9.17, 15) is 4.79 Å². The van der Waals surface area contributed by atoms with Gasteiger partial charge in [0.15, 0.2) is 5.11 Å². The molecular formula is C6H11N3OS. The van der Waals surface area contributed by atoms with Gasteiger partial charge in [-0.05, 0) is 19.1 Å². The number of urea groups is 1. The highest BCUT2D eigenvalue weighted by Gasteiger charge is 2.29. The van der Waals surface area contributed by atoms with Gasteiger partial charge in [0.05, 0.1) is 6.04 Å². The Morgan fingerprint density at radius 1 is 1.91 bits per heavy atom. The van der Waals surface area contributed by atoms with Crippen LogP contribution in [0.3, 0.4) is 0 Å². The maximum atomic E-state index is 11.1. The lowest BCUT2D eigenvalue weighted by Crippen LogP contribution is -2.43. The van der Waals surface area contributed by atoms with Crippen molar-refractivity contribution in [2.24, 2.45) is 0 Å². The summed E-state index contributed by atoms with van der Waals surface area (Å²) in [7, 11) is 1.71. The number of carbonyl (C=O) groups excluding carboxylic acids is 1. The predicted octanol–water partition coefficient (Wildman–Crippen LogP) is -0.0956. The first-order chi connectivity index (χ1) is 5.16. The highest BCUT2D eigenvalue weighted by Crippen LogP contribution is 2.05. The molecule has 11 heavy (non-hydrogen) atoms. The molecule has 4 nitrogen and oxygen atoms in total. The Balaban J connectivity index is 2.68. The van der Waals surface area contributed by atoms with E-state index in [0.29, 0.717) is 11.7 Å². The second-order valence-electron chi connectivity index (χ2n) is 2.46. The van der Waals surface area contributed by atoms with E-state index in [1.54, 1.807) is 7.05 Å². The van der Waals surface area contributed by atoms with Gasteiger partial charge in [0, 0.05) is 13.6 Å². The molecule has 1 rings (SSSR count). The van der Waals surface area contributed by atoms with Crippen molar-refractivity contribution in [3.8, 4) is 0 Å². The van der Waals surface area contributed by atoms with Crippen molar-refractivity contribution < 1.29 is 4.79 Å². The molecule has 0 aliphatic carbocycles. The van der Waals surface area contributed by atoms with E-state index in [1.807, 2.05) is 6.92 Å². The zero-order chi connectivity index (χ0) is 8.43. The molecule has 0 radical (unpaired) electrons. The lowest BCUT2D eigenvalue weighted by molar-refractivity contribution is 0.230. The summed E-state index contributed by atoms with van der Waals surface area (Å²) < 4.78 is 0. The van der Waals surface area contributed by atoms with Crippen LogP contribution in [0, 0.1) is 0 Å². The van der Waals surface area contributed by atoms with Crippen LogP contribution in [-0.2, 0) is 0 Å². The van der Waals surface area contributed by atoms with Crippen LogP contribution in [0.5, 0.6) is 0 Å². The molecule has 0 aromatic carbocycles. The predicted molar refractivity (Wildman–Crippen MR) is 46.4 cm³/mol. The molecule has 1 unspecified atom stereocenters. The van der Waals surface area contributed by atoms with Crippen LogP contribution >= 0.6 is 12.2 Å². The largest absolute Gasteiger partial charge is 0.365 e. The Morgan fingerprint density at radius 2 is 2.55 bits per heavy atom. The average Bonchev–Trinajstić information content (AvgIpc) is 2.30. The van der Waals surface area contributed by atoms with Crippen molar-refractivity contribution in [2.75, 3.05) is 13.6 Å². The Kier molecular flexibility index (Phi) is 2.28. The molecule has 2 amide bonds. The number of nitrogens with one attached hydrogen (secondary N) is 2. The third kappa shape index (κ3) is 1.42. The Bertz CT molecular complexity index is 194. The normalized spacial score (nSPS) is 23.3. The molecule has 62 valence electrons. The van der Waals surface area contributed by atoms with Crippen LogP contribution < -0.4 is 10.6 Å². The van der Waals surface area contributed by atoms with E-state index in [2.05, 4.69) is 10.6 Å². The minimum Gasteiger partial charge on any atom is -0.365 e. The van der Waals surface area contributed by atoms with Crippen molar-refractivity contribution in [1.29, 1.82) is 0 Å². The maximum absolute atomic E-state index is 11.1. The lowest BCUT2D eigenvalue weighted by Gasteiger charge is -2.19. The van der Waals surface area contributed by atoms with E-state index in [-0.39, 0.29) is 12.1 Å². The quantitative estimate of drug-likeness (QED) is 0.503. The van der Waals surface area contributed by atoms with Crippen molar-refractivity contribution in [3.63, 3.8) is 0 Å². The molecule has 5 heteroatoms. The Hall–Kier alpha value is -0.840. The fraction of sp³-hybridized carbons (Fsp3) is 0.667. The summed E-state index contributed by atoms with van der Waals surface area (Å²) in [5.74, 6) is 0. The average molecular weight is 173 g/mol. The highest BCUT2D eigenvalue weighted by atomic mass is 32.1. The number of nitrogens with zero attached hydrogens (tertiary/aromatic N) is 1. The van der Waals surface area contributed by atoms with Gasteiger partial charge in [-0.15, -0.1) is 0 Å². The molecular weight excluding hydrogens is 162 g/mol. The number of thiocarbonyl (C=S) groups is 1. The van der Waals surface area contributed by atoms with E-state index in [0.717, 1.165) is 0 Å². The fourth-order valence-corrected chi connectivity index (χ4v) is 1.29. The van der Waals surface area contributed by atoms with Gasteiger partial charge >= 0.3 is 6.03 Å². The zero-order valence-electron chi connectivity index (χ0n) is 6.55. The summed E-state index contributed by atoms with van der Waals surface area (Å²) in [6.07, 6.45) is 0. The molecule has 1 heterocycles. The summed E-state index contributed by atoms with van der Waals surface area (Å²) >= 11 is 4.92. The monoisotopic (exact) mass is 173 g/mol. The van der Waals surface area contributed by atoms with E-state index in [4.69, 9.17) is 12.2 Å². The first-order valence-corrected chi connectivity index (χ1v) is 3.86. The second kappa shape index (κ2) is 3.04. The van der Waals surface area contributed by atoms with Gasteiger partial charge in [-0.3, -0.25) is 4.90 Å². The lowest BCUT2D eigenvalue weighted by atomic mass is 10.3. The zero-order valence-corrected chi connectivity index (χ0v) is 7.36. The minimum atomic E-state index is -0.114. The van der Waals surface area contributed by atoms with Crippen LogP contribution in [-0.4, -0.2) is 35.7 Å². The molecule has 1 atom stereocenters. The highest BCUT2D eigenvalue weighted by molar-refractivity contribution is 7.80. The Labute approximate surface area is 70.9 Å². The molecule has 1 fully saturated rings. The van der Waals surface area contributed by atoms with Gasteiger partial charge in [-0.1, -0.05) is 0 Å². The third-order valence-corrected chi connectivity index (χ3v) is 2.04. The van der Waals surface area contributed by atoms with Gasteiger partial charge in [-0.2, -0.15) is 0 Å². The van der Waals surface area contributed by atoms with Gasteiger partial charge in [0.2, 0.25) is 0 Å². The van der Waals surface area contributed by atoms with Crippen LogP contribution in [0.25, 0.3) is 0 Å². The molecule has 1 aliphatic rings. The summed E-state index contributed by atoms with van der Waals surface area (Å²) in [5.41, 5.74) is 0.